The highest BCUT2D eigenvalue weighted by atomic mass is 32.2. The first-order chi connectivity index (χ1) is 8.19. The maximum atomic E-state index is 9.03. The van der Waals surface area contributed by atoms with Crippen molar-refractivity contribution in [1.82, 2.24) is 0 Å². The number of hydrogen-bond acceptors (Lipinski definition) is 4. The molecule has 0 atom stereocenters. The van der Waals surface area contributed by atoms with Gasteiger partial charge in [0.25, 0.3) is 0 Å². The molecule has 0 saturated heterocycles. The van der Waals surface area contributed by atoms with Gasteiger partial charge < -0.3 is 11.5 Å². The van der Waals surface area contributed by atoms with Crippen molar-refractivity contribution in [2.45, 2.75) is 9.79 Å². The molecule has 0 spiro atoms. The lowest BCUT2D eigenvalue weighted by molar-refractivity contribution is 1.35. The van der Waals surface area contributed by atoms with Crippen LogP contribution in [-0.2, 0) is 0 Å². The minimum atomic E-state index is 0.590. The summed E-state index contributed by atoms with van der Waals surface area (Å²) in [6.07, 6.45) is 0. The van der Waals surface area contributed by atoms with E-state index in [2.05, 4.69) is 6.07 Å². The number of nitrogen functional groups attached to an aromatic ring is 2. The van der Waals surface area contributed by atoms with E-state index in [9.17, 15) is 0 Å². The van der Waals surface area contributed by atoms with E-state index in [1.54, 1.807) is 12.1 Å². The number of nitrogens with zero attached hydrogens (tertiary/aromatic N) is 1. The van der Waals surface area contributed by atoms with E-state index in [-0.39, 0.29) is 0 Å². The molecule has 4 N–H and O–H groups in total. The molecular weight excluding hydrogens is 230 g/mol. The molecule has 0 unspecified atom stereocenters. The molecule has 0 aliphatic heterocycles. The number of nitriles is 1. The first kappa shape index (κ1) is 11.4. The second-order valence-corrected chi connectivity index (χ2v) is 4.65. The molecule has 2 aromatic rings. The van der Waals surface area contributed by atoms with E-state index in [0.717, 1.165) is 15.5 Å². The van der Waals surface area contributed by atoms with Crippen molar-refractivity contribution in [2.24, 2.45) is 0 Å². The monoisotopic (exact) mass is 241 g/mol. The van der Waals surface area contributed by atoms with Crippen LogP contribution in [0.25, 0.3) is 0 Å². The lowest BCUT2D eigenvalue weighted by Gasteiger charge is -2.05. The van der Waals surface area contributed by atoms with E-state index in [1.165, 1.54) is 11.8 Å². The minimum Gasteiger partial charge on any atom is -0.399 e. The molecule has 0 bridgehead atoms. The average molecular weight is 241 g/mol. The van der Waals surface area contributed by atoms with Crippen molar-refractivity contribution < 1.29 is 0 Å². The second kappa shape index (κ2) is 4.81. The van der Waals surface area contributed by atoms with Gasteiger partial charge in [-0.05, 0) is 42.5 Å². The molecule has 84 valence electrons. The van der Waals surface area contributed by atoms with Gasteiger partial charge in [0.15, 0.2) is 0 Å². The Morgan fingerprint density at radius 2 is 1.59 bits per heavy atom. The van der Waals surface area contributed by atoms with E-state index in [4.69, 9.17) is 16.7 Å². The largest absolute Gasteiger partial charge is 0.399 e. The zero-order valence-corrected chi connectivity index (χ0v) is 9.87. The number of benzene rings is 2. The normalized spacial score (nSPS) is 9.82. The van der Waals surface area contributed by atoms with Gasteiger partial charge in [-0.2, -0.15) is 5.26 Å². The Labute approximate surface area is 104 Å². The minimum absolute atomic E-state index is 0.590. The highest BCUT2D eigenvalue weighted by Crippen LogP contribution is 2.31. The van der Waals surface area contributed by atoms with Crippen molar-refractivity contribution >= 4 is 23.1 Å². The fraction of sp³-hybridized carbons (Fsp3) is 0. The first-order valence-electron chi connectivity index (χ1n) is 5.02. The number of anilines is 2. The molecule has 3 nitrogen and oxygen atoms in total. The zero-order chi connectivity index (χ0) is 12.3. The van der Waals surface area contributed by atoms with E-state index in [0.29, 0.717) is 11.3 Å². The number of nitrogens with two attached hydrogens (primary N) is 2. The van der Waals surface area contributed by atoms with Crippen LogP contribution in [0.2, 0.25) is 0 Å². The highest BCUT2D eigenvalue weighted by molar-refractivity contribution is 7.99. The predicted molar refractivity (Wildman–Crippen MR) is 70.5 cm³/mol. The average Bonchev–Trinajstić information content (AvgIpc) is 2.34. The molecule has 4 heteroatoms. The van der Waals surface area contributed by atoms with E-state index < -0.39 is 0 Å². The van der Waals surface area contributed by atoms with Crippen LogP contribution in [0.4, 0.5) is 11.4 Å². The Morgan fingerprint density at radius 1 is 0.941 bits per heavy atom. The van der Waals surface area contributed by atoms with Gasteiger partial charge in [0.05, 0.1) is 5.56 Å². The van der Waals surface area contributed by atoms with Gasteiger partial charge in [-0.15, -0.1) is 0 Å². The molecule has 0 aliphatic rings. The summed E-state index contributed by atoms with van der Waals surface area (Å²) in [7, 11) is 0. The van der Waals surface area contributed by atoms with Crippen molar-refractivity contribution in [3.05, 3.63) is 48.0 Å². The van der Waals surface area contributed by atoms with Crippen LogP contribution in [-0.4, -0.2) is 0 Å². The van der Waals surface area contributed by atoms with Gasteiger partial charge in [0, 0.05) is 21.2 Å². The summed E-state index contributed by atoms with van der Waals surface area (Å²) in [4.78, 5) is 1.94. The molecule has 0 aromatic heterocycles. The van der Waals surface area contributed by atoms with Gasteiger partial charge in [0.1, 0.15) is 6.07 Å². The summed E-state index contributed by atoms with van der Waals surface area (Å²) in [6.45, 7) is 0. The lowest BCUT2D eigenvalue weighted by Crippen LogP contribution is -1.88. The Bertz CT molecular complexity index is 570. The van der Waals surface area contributed by atoms with Gasteiger partial charge in [0.2, 0.25) is 0 Å². The second-order valence-electron chi connectivity index (χ2n) is 3.54. The smallest absolute Gasteiger partial charge is 0.100 e. The van der Waals surface area contributed by atoms with Gasteiger partial charge in [-0.3, -0.25) is 0 Å². The topological polar surface area (TPSA) is 75.8 Å². The van der Waals surface area contributed by atoms with Crippen LogP contribution in [0.3, 0.4) is 0 Å². The van der Waals surface area contributed by atoms with E-state index >= 15 is 0 Å². The Morgan fingerprint density at radius 3 is 2.24 bits per heavy atom. The SMILES string of the molecule is N#Cc1cc(N)ccc1Sc1ccc(N)cc1. The van der Waals surface area contributed by atoms with Crippen LogP contribution in [0, 0.1) is 11.3 Å². The van der Waals surface area contributed by atoms with Crippen LogP contribution < -0.4 is 11.5 Å². The van der Waals surface area contributed by atoms with Crippen molar-refractivity contribution in [3.8, 4) is 6.07 Å². The maximum absolute atomic E-state index is 9.03. The molecule has 17 heavy (non-hydrogen) atoms. The fourth-order valence-electron chi connectivity index (χ4n) is 1.39. The Balaban J connectivity index is 2.30. The molecule has 0 heterocycles. The fourth-order valence-corrected chi connectivity index (χ4v) is 2.26. The van der Waals surface area contributed by atoms with Gasteiger partial charge in [-0.25, -0.2) is 0 Å². The van der Waals surface area contributed by atoms with Crippen molar-refractivity contribution in [1.29, 1.82) is 5.26 Å². The first-order valence-corrected chi connectivity index (χ1v) is 5.84. The van der Waals surface area contributed by atoms with Gasteiger partial charge >= 0.3 is 0 Å². The van der Waals surface area contributed by atoms with Crippen LogP contribution in [0.1, 0.15) is 5.56 Å². The summed E-state index contributed by atoms with van der Waals surface area (Å²) in [6, 6.07) is 15.0. The predicted octanol–water partition coefficient (Wildman–Crippen LogP) is 2.87. The summed E-state index contributed by atoms with van der Waals surface area (Å²) >= 11 is 1.52. The van der Waals surface area contributed by atoms with Crippen molar-refractivity contribution in [2.75, 3.05) is 11.5 Å². The number of rotatable bonds is 2. The molecular formula is C13H11N3S. The van der Waals surface area contributed by atoms with E-state index in [1.807, 2.05) is 30.3 Å². The maximum Gasteiger partial charge on any atom is 0.100 e. The molecule has 2 aromatic carbocycles. The summed E-state index contributed by atoms with van der Waals surface area (Å²) in [5, 5.41) is 9.03. The summed E-state index contributed by atoms with van der Waals surface area (Å²) < 4.78 is 0. The number of hydrogen-bond donors (Lipinski definition) is 2. The molecule has 0 aliphatic carbocycles. The van der Waals surface area contributed by atoms with Crippen LogP contribution >= 0.6 is 11.8 Å². The molecule has 2 rings (SSSR count). The lowest BCUT2D eigenvalue weighted by atomic mass is 10.2. The third kappa shape index (κ3) is 2.71. The summed E-state index contributed by atoms with van der Waals surface area (Å²) in [5.74, 6) is 0. The third-order valence-electron chi connectivity index (χ3n) is 2.23. The quantitative estimate of drug-likeness (QED) is 0.793. The Kier molecular flexibility index (Phi) is 3.22. The molecule has 0 fully saturated rings. The van der Waals surface area contributed by atoms with Crippen LogP contribution in [0.5, 0.6) is 0 Å². The third-order valence-corrected chi connectivity index (χ3v) is 3.32. The molecule has 0 radical (unpaired) electrons. The standard InChI is InChI=1S/C13H11N3S/c14-8-9-7-11(16)3-6-13(9)17-12-4-1-10(15)2-5-12/h1-7H,15-16H2. The molecule has 0 saturated carbocycles. The zero-order valence-electron chi connectivity index (χ0n) is 9.05. The molecule has 0 amide bonds. The van der Waals surface area contributed by atoms with Crippen LogP contribution in [0.15, 0.2) is 52.3 Å². The van der Waals surface area contributed by atoms with Gasteiger partial charge in [-0.1, -0.05) is 11.8 Å². The Hall–Kier alpha value is -2.12. The highest BCUT2D eigenvalue weighted by Gasteiger charge is 2.04. The van der Waals surface area contributed by atoms with Crippen molar-refractivity contribution in [3.63, 3.8) is 0 Å². The summed E-state index contributed by atoms with van der Waals surface area (Å²) in [5.41, 5.74) is 13.2.